The Morgan fingerprint density at radius 3 is 2.76 bits per heavy atom. The number of rotatable bonds is 3. The molecule has 5 nitrogen and oxygen atoms in total. The van der Waals surface area contributed by atoms with E-state index in [9.17, 15) is 13.2 Å². The molecule has 114 valence electrons. The Kier molecular flexibility index (Phi) is 3.70. The number of halogens is 3. The molecule has 1 aliphatic rings. The van der Waals surface area contributed by atoms with Gasteiger partial charge < -0.3 is 0 Å². The maximum Gasteiger partial charge on any atom is 0.453 e. The molecule has 2 aromatic rings. The van der Waals surface area contributed by atoms with Crippen LogP contribution in [0.2, 0.25) is 0 Å². The molecule has 1 aliphatic heterocycles. The van der Waals surface area contributed by atoms with Crippen molar-refractivity contribution < 1.29 is 13.2 Å². The maximum absolute atomic E-state index is 12.8. The summed E-state index contributed by atoms with van der Waals surface area (Å²) in [6.45, 7) is 4.88. The molecule has 0 fully saturated rings. The molecule has 0 atom stereocenters. The first-order chi connectivity index (χ1) is 9.99. The van der Waals surface area contributed by atoms with E-state index in [0.29, 0.717) is 5.01 Å². The Balaban J connectivity index is 1.87. The normalized spacial score (nSPS) is 17.4. The van der Waals surface area contributed by atoms with Crippen molar-refractivity contribution in [3.63, 3.8) is 0 Å². The number of hydrogen-bond donors (Lipinski definition) is 0. The van der Waals surface area contributed by atoms with Gasteiger partial charge in [-0.3, -0.25) is 4.90 Å². The van der Waals surface area contributed by atoms with Crippen LogP contribution in [0.1, 0.15) is 30.6 Å². The van der Waals surface area contributed by atoms with Crippen LogP contribution in [0, 0.1) is 0 Å². The first kappa shape index (κ1) is 14.5. The average molecular weight is 317 g/mol. The van der Waals surface area contributed by atoms with Gasteiger partial charge >= 0.3 is 6.18 Å². The minimum atomic E-state index is -4.54. The van der Waals surface area contributed by atoms with Gasteiger partial charge in [-0.15, -0.1) is 10.2 Å². The number of aromatic nitrogens is 4. The molecule has 0 bridgehead atoms. The van der Waals surface area contributed by atoms with Gasteiger partial charge in [0, 0.05) is 13.1 Å². The third-order valence-corrected chi connectivity index (χ3v) is 4.33. The van der Waals surface area contributed by atoms with Gasteiger partial charge in [0.05, 0.1) is 0 Å². The third kappa shape index (κ3) is 2.80. The van der Waals surface area contributed by atoms with E-state index in [1.165, 1.54) is 0 Å². The number of fused-ring (bicyclic) bond motifs is 1. The van der Waals surface area contributed by atoms with Crippen LogP contribution < -0.4 is 0 Å². The van der Waals surface area contributed by atoms with Crippen molar-refractivity contribution in [2.24, 2.45) is 0 Å². The van der Waals surface area contributed by atoms with Crippen molar-refractivity contribution in [1.29, 1.82) is 0 Å². The van der Waals surface area contributed by atoms with Crippen molar-refractivity contribution in [3.05, 3.63) is 16.9 Å². The Labute approximate surface area is 123 Å². The zero-order chi connectivity index (χ0) is 15.0. The lowest BCUT2D eigenvalue weighted by Crippen LogP contribution is -2.29. The van der Waals surface area contributed by atoms with Crippen molar-refractivity contribution in [2.75, 3.05) is 19.6 Å². The Hall–Kier alpha value is -1.48. The average Bonchev–Trinajstić information content (AvgIpc) is 2.98. The molecular formula is C12H14F3N5S. The van der Waals surface area contributed by atoms with Gasteiger partial charge in [0.2, 0.25) is 4.96 Å². The summed E-state index contributed by atoms with van der Waals surface area (Å²) in [5.74, 6) is -1.07. The van der Waals surface area contributed by atoms with Crippen LogP contribution in [-0.2, 0) is 6.18 Å². The molecule has 2 aromatic heterocycles. The van der Waals surface area contributed by atoms with E-state index in [4.69, 9.17) is 0 Å². The largest absolute Gasteiger partial charge is 0.453 e. The molecule has 3 heterocycles. The zero-order valence-electron chi connectivity index (χ0n) is 11.4. The van der Waals surface area contributed by atoms with Crippen LogP contribution in [0.5, 0.6) is 0 Å². The van der Waals surface area contributed by atoms with Crippen LogP contribution in [0.25, 0.3) is 10.5 Å². The predicted octanol–water partition coefficient (Wildman–Crippen LogP) is 2.70. The second kappa shape index (κ2) is 5.38. The van der Waals surface area contributed by atoms with Crippen LogP contribution in [-0.4, -0.2) is 44.3 Å². The second-order valence-corrected chi connectivity index (χ2v) is 5.86. The fraction of sp³-hybridized carbons (Fsp3) is 0.583. The highest BCUT2D eigenvalue weighted by Crippen LogP contribution is 2.31. The molecular weight excluding hydrogens is 303 g/mol. The first-order valence-corrected chi connectivity index (χ1v) is 7.52. The SMILES string of the molecule is CCCN1CC=C(c2nn3c(C(F)(F)F)nnc3s2)CC1. The van der Waals surface area contributed by atoms with Gasteiger partial charge in [-0.1, -0.05) is 24.3 Å². The van der Waals surface area contributed by atoms with Gasteiger partial charge in [0.1, 0.15) is 5.01 Å². The predicted molar refractivity (Wildman–Crippen MR) is 73.0 cm³/mol. The van der Waals surface area contributed by atoms with E-state index in [-0.39, 0.29) is 4.96 Å². The van der Waals surface area contributed by atoms with Crippen LogP contribution >= 0.6 is 11.3 Å². The first-order valence-electron chi connectivity index (χ1n) is 6.70. The number of hydrogen-bond acceptors (Lipinski definition) is 5. The maximum atomic E-state index is 12.8. The van der Waals surface area contributed by atoms with Gasteiger partial charge in [0.15, 0.2) is 0 Å². The molecule has 9 heteroatoms. The summed E-state index contributed by atoms with van der Waals surface area (Å²) in [6.07, 6.45) is -0.609. The summed E-state index contributed by atoms with van der Waals surface area (Å²) < 4.78 is 39.1. The lowest BCUT2D eigenvalue weighted by atomic mass is 10.1. The van der Waals surface area contributed by atoms with E-state index in [2.05, 4.69) is 27.1 Å². The molecule has 0 radical (unpaired) electrons. The summed E-state index contributed by atoms with van der Waals surface area (Å²) >= 11 is 1.15. The van der Waals surface area contributed by atoms with E-state index in [1.807, 2.05) is 6.08 Å². The van der Waals surface area contributed by atoms with Crippen LogP contribution in [0.3, 0.4) is 0 Å². The van der Waals surface area contributed by atoms with E-state index in [1.54, 1.807) is 0 Å². The van der Waals surface area contributed by atoms with Gasteiger partial charge in [-0.25, -0.2) is 0 Å². The minimum Gasteiger partial charge on any atom is -0.299 e. The number of nitrogens with zero attached hydrogens (tertiary/aromatic N) is 5. The van der Waals surface area contributed by atoms with Crippen molar-refractivity contribution in [1.82, 2.24) is 24.7 Å². The highest BCUT2D eigenvalue weighted by atomic mass is 32.1. The van der Waals surface area contributed by atoms with Gasteiger partial charge in [-0.2, -0.15) is 22.8 Å². The van der Waals surface area contributed by atoms with Gasteiger partial charge in [-0.05, 0) is 25.0 Å². The molecule has 0 unspecified atom stereocenters. The fourth-order valence-corrected chi connectivity index (χ4v) is 3.26. The Bertz CT molecular complexity index is 672. The second-order valence-electron chi connectivity index (χ2n) is 4.90. The van der Waals surface area contributed by atoms with E-state index >= 15 is 0 Å². The summed E-state index contributed by atoms with van der Waals surface area (Å²) in [5, 5.41) is 11.3. The Morgan fingerprint density at radius 1 is 1.33 bits per heavy atom. The lowest BCUT2D eigenvalue weighted by molar-refractivity contribution is -0.146. The summed E-state index contributed by atoms with van der Waals surface area (Å²) in [6, 6.07) is 0. The Morgan fingerprint density at radius 2 is 2.14 bits per heavy atom. The molecule has 0 amide bonds. The van der Waals surface area contributed by atoms with Crippen molar-refractivity contribution in [3.8, 4) is 0 Å². The molecule has 0 aliphatic carbocycles. The molecule has 0 spiro atoms. The summed E-state index contributed by atoms with van der Waals surface area (Å²) in [4.78, 5) is 2.49. The topological polar surface area (TPSA) is 46.3 Å². The highest BCUT2D eigenvalue weighted by molar-refractivity contribution is 7.17. The number of alkyl halides is 3. The standard InChI is InChI=1S/C12H14F3N5S/c1-2-5-19-6-3-8(4-7-19)9-18-20-10(12(13,14)15)16-17-11(20)21-9/h3H,2,4-7H2,1H3. The van der Waals surface area contributed by atoms with Crippen molar-refractivity contribution in [2.45, 2.75) is 25.9 Å². The quantitative estimate of drug-likeness (QED) is 0.873. The van der Waals surface area contributed by atoms with Crippen LogP contribution in [0.15, 0.2) is 6.08 Å². The monoisotopic (exact) mass is 317 g/mol. The molecule has 0 N–H and O–H groups in total. The molecule has 21 heavy (non-hydrogen) atoms. The van der Waals surface area contributed by atoms with E-state index in [0.717, 1.165) is 53.9 Å². The summed E-state index contributed by atoms with van der Waals surface area (Å²) in [5.41, 5.74) is 0.992. The smallest absolute Gasteiger partial charge is 0.299 e. The van der Waals surface area contributed by atoms with E-state index < -0.39 is 12.0 Å². The molecule has 0 saturated carbocycles. The highest BCUT2D eigenvalue weighted by Gasteiger charge is 2.38. The van der Waals surface area contributed by atoms with Crippen molar-refractivity contribution >= 4 is 21.9 Å². The molecule has 0 saturated heterocycles. The summed E-state index contributed by atoms with van der Waals surface area (Å²) in [7, 11) is 0. The van der Waals surface area contributed by atoms with Crippen LogP contribution in [0.4, 0.5) is 13.2 Å². The van der Waals surface area contributed by atoms with Gasteiger partial charge in [0.25, 0.3) is 5.82 Å². The lowest BCUT2D eigenvalue weighted by Gasteiger charge is -2.24. The fourth-order valence-electron chi connectivity index (χ4n) is 2.35. The minimum absolute atomic E-state index is 0.175. The molecule has 3 rings (SSSR count). The molecule has 0 aromatic carbocycles. The zero-order valence-corrected chi connectivity index (χ0v) is 12.2. The third-order valence-electron chi connectivity index (χ3n) is 3.35.